The minimum Gasteiger partial charge on any atom is -0.310 e. The molecule has 0 spiro atoms. The Hall–Kier alpha value is -0.340. The summed E-state index contributed by atoms with van der Waals surface area (Å²) in [7, 11) is 2.25. The molecule has 17 heavy (non-hydrogen) atoms. The van der Waals surface area contributed by atoms with Crippen LogP contribution in [0.1, 0.15) is 32.6 Å². The van der Waals surface area contributed by atoms with E-state index >= 15 is 0 Å². The van der Waals surface area contributed by atoms with Crippen LogP contribution >= 0.6 is 0 Å². The number of fused-ring (bicyclic) bond motifs is 2. The van der Waals surface area contributed by atoms with Gasteiger partial charge in [0.1, 0.15) is 0 Å². The molecule has 2 heteroatoms. The second kappa shape index (κ2) is 4.74. The molecule has 3 aliphatic rings. The first-order chi connectivity index (χ1) is 8.22. The van der Waals surface area contributed by atoms with Crippen LogP contribution in [0.4, 0.5) is 0 Å². The first-order valence-electron chi connectivity index (χ1n) is 7.35. The summed E-state index contributed by atoms with van der Waals surface area (Å²) in [6, 6.07) is 1.43. The molecular formula is C15H26N2. The number of rotatable bonds is 3. The lowest BCUT2D eigenvalue weighted by atomic mass is 9.87. The third kappa shape index (κ3) is 2.43. The third-order valence-corrected chi connectivity index (χ3v) is 5.10. The van der Waals surface area contributed by atoms with Gasteiger partial charge in [0, 0.05) is 18.6 Å². The van der Waals surface area contributed by atoms with E-state index in [9.17, 15) is 0 Å². The molecule has 1 N–H and O–H groups in total. The second-order valence-electron chi connectivity index (χ2n) is 6.50. The summed E-state index contributed by atoms with van der Waals surface area (Å²) in [5.74, 6) is 2.68. The second-order valence-corrected chi connectivity index (χ2v) is 6.50. The van der Waals surface area contributed by atoms with Crippen LogP contribution in [0.15, 0.2) is 12.2 Å². The van der Waals surface area contributed by atoms with Crippen LogP contribution in [-0.4, -0.2) is 37.1 Å². The number of hydrogen-bond acceptors (Lipinski definition) is 2. The molecule has 5 unspecified atom stereocenters. The van der Waals surface area contributed by atoms with Crippen molar-refractivity contribution in [1.82, 2.24) is 10.2 Å². The summed E-state index contributed by atoms with van der Waals surface area (Å²) in [6.07, 6.45) is 10.5. The number of likely N-dealkylation sites (tertiary alicyclic amines) is 1. The van der Waals surface area contributed by atoms with E-state index in [4.69, 9.17) is 0 Å². The molecule has 5 atom stereocenters. The molecule has 1 heterocycles. The maximum absolute atomic E-state index is 3.90. The predicted molar refractivity (Wildman–Crippen MR) is 72.0 cm³/mol. The van der Waals surface area contributed by atoms with Crippen molar-refractivity contribution in [2.45, 2.75) is 44.7 Å². The minimum absolute atomic E-state index is 0.700. The van der Waals surface area contributed by atoms with Gasteiger partial charge in [-0.1, -0.05) is 12.2 Å². The van der Waals surface area contributed by atoms with Crippen LogP contribution in [0.5, 0.6) is 0 Å². The third-order valence-electron chi connectivity index (χ3n) is 5.10. The highest BCUT2D eigenvalue weighted by molar-refractivity contribution is 5.11. The smallest absolute Gasteiger partial charge is 0.0197 e. The molecule has 0 aromatic carbocycles. The zero-order chi connectivity index (χ0) is 11.8. The predicted octanol–water partition coefficient (Wildman–Crippen LogP) is 2.27. The zero-order valence-corrected chi connectivity index (χ0v) is 11.2. The van der Waals surface area contributed by atoms with Crippen LogP contribution in [-0.2, 0) is 0 Å². The van der Waals surface area contributed by atoms with E-state index in [-0.39, 0.29) is 0 Å². The van der Waals surface area contributed by atoms with Crippen LogP contribution in [0.25, 0.3) is 0 Å². The van der Waals surface area contributed by atoms with Gasteiger partial charge in [0.15, 0.2) is 0 Å². The van der Waals surface area contributed by atoms with E-state index in [1.165, 1.54) is 38.8 Å². The zero-order valence-electron chi connectivity index (χ0n) is 11.2. The van der Waals surface area contributed by atoms with Crippen molar-refractivity contribution >= 4 is 0 Å². The minimum atomic E-state index is 0.700. The summed E-state index contributed by atoms with van der Waals surface area (Å²) < 4.78 is 0. The maximum atomic E-state index is 3.90. The molecule has 0 aromatic heterocycles. The van der Waals surface area contributed by atoms with Gasteiger partial charge < -0.3 is 10.2 Å². The van der Waals surface area contributed by atoms with Crippen LogP contribution in [0, 0.1) is 17.8 Å². The molecule has 2 fully saturated rings. The van der Waals surface area contributed by atoms with Gasteiger partial charge in [-0.25, -0.2) is 0 Å². The van der Waals surface area contributed by atoms with Crippen LogP contribution in [0.3, 0.4) is 0 Å². The number of likely N-dealkylation sites (N-methyl/N-ethyl adjacent to an activating group) is 1. The number of piperidine rings is 1. The monoisotopic (exact) mass is 234 g/mol. The molecule has 96 valence electrons. The van der Waals surface area contributed by atoms with Gasteiger partial charge in [-0.3, -0.25) is 0 Å². The SMILES string of the molecule is CC(NC1CCCN(C)C1)C1CC2C=CC1C2. The van der Waals surface area contributed by atoms with Crippen molar-refractivity contribution in [3.8, 4) is 0 Å². The Morgan fingerprint density at radius 3 is 2.82 bits per heavy atom. The highest BCUT2D eigenvalue weighted by Crippen LogP contribution is 2.44. The molecule has 2 nitrogen and oxygen atoms in total. The van der Waals surface area contributed by atoms with E-state index < -0.39 is 0 Å². The Labute approximate surface area is 105 Å². The van der Waals surface area contributed by atoms with Gasteiger partial charge in [0.2, 0.25) is 0 Å². The highest BCUT2D eigenvalue weighted by Gasteiger charge is 2.38. The first-order valence-corrected chi connectivity index (χ1v) is 7.35. The Kier molecular flexibility index (Phi) is 3.27. The number of nitrogens with zero attached hydrogens (tertiary/aromatic N) is 1. The topological polar surface area (TPSA) is 15.3 Å². The number of hydrogen-bond donors (Lipinski definition) is 1. The summed E-state index contributed by atoms with van der Waals surface area (Å²) in [5, 5.41) is 3.90. The lowest BCUT2D eigenvalue weighted by molar-refractivity contribution is 0.198. The molecule has 3 rings (SSSR count). The van der Waals surface area contributed by atoms with Crippen molar-refractivity contribution in [2.24, 2.45) is 17.8 Å². The summed E-state index contributed by atoms with van der Waals surface area (Å²) in [4.78, 5) is 2.47. The molecule has 0 amide bonds. The number of allylic oxidation sites excluding steroid dienone is 2. The molecule has 2 aliphatic carbocycles. The van der Waals surface area contributed by atoms with E-state index in [0.717, 1.165) is 23.8 Å². The lowest BCUT2D eigenvalue weighted by Gasteiger charge is -2.35. The Bertz CT molecular complexity index is 299. The maximum Gasteiger partial charge on any atom is 0.0197 e. The summed E-state index contributed by atoms with van der Waals surface area (Å²) in [6.45, 7) is 4.93. The van der Waals surface area contributed by atoms with Crippen molar-refractivity contribution in [1.29, 1.82) is 0 Å². The van der Waals surface area contributed by atoms with Gasteiger partial charge in [0.05, 0.1) is 0 Å². The molecule has 1 saturated heterocycles. The van der Waals surface area contributed by atoms with Gasteiger partial charge in [0.25, 0.3) is 0 Å². The molecule has 1 aliphatic heterocycles. The fraction of sp³-hybridized carbons (Fsp3) is 0.867. The fourth-order valence-corrected chi connectivity index (χ4v) is 4.20. The Balaban J connectivity index is 1.53. The van der Waals surface area contributed by atoms with Gasteiger partial charge in [-0.05, 0) is 64.0 Å². The summed E-state index contributed by atoms with van der Waals surface area (Å²) >= 11 is 0. The Morgan fingerprint density at radius 1 is 1.29 bits per heavy atom. The molecule has 0 radical (unpaired) electrons. The van der Waals surface area contributed by atoms with E-state index in [1.807, 2.05) is 0 Å². The Morgan fingerprint density at radius 2 is 2.18 bits per heavy atom. The number of nitrogens with one attached hydrogen (secondary N) is 1. The van der Waals surface area contributed by atoms with Gasteiger partial charge in [-0.2, -0.15) is 0 Å². The highest BCUT2D eigenvalue weighted by atomic mass is 15.1. The quantitative estimate of drug-likeness (QED) is 0.754. The summed E-state index contributed by atoms with van der Waals surface area (Å²) in [5.41, 5.74) is 0. The lowest BCUT2D eigenvalue weighted by Crippen LogP contribution is -2.49. The average Bonchev–Trinajstić information content (AvgIpc) is 2.90. The van der Waals surface area contributed by atoms with Crippen molar-refractivity contribution in [3.05, 3.63) is 12.2 Å². The van der Waals surface area contributed by atoms with E-state index in [2.05, 4.69) is 36.3 Å². The fourth-order valence-electron chi connectivity index (χ4n) is 4.20. The largest absolute Gasteiger partial charge is 0.310 e. The normalized spacial score (nSPS) is 43.2. The van der Waals surface area contributed by atoms with E-state index in [1.54, 1.807) is 0 Å². The van der Waals surface area contributed by atoms with Gasteiger partial charge >= 0.3 is 0 Å². The van der Waals surface area contributed by atoms with E-state index in [0.29, 0.717) is 6.04 Å². The van der Waals surface area contributed by atoms with Crippen LogP contribution in [0.2, 0.25) is 0 Å². The van der Waals surface area contributed by atoms with Gasteiger partial charge in [-0.15, -0.1) is 0 Å². The van der Waals surface area contributed by atoms with Crippen molar-refractivity contribution in [2.75, 3.05) is 20.1 Å². The molecule has 1 saturated carbocycles. The first kappa shape index (κ1) is 11.7. The van der Waals surface area contributed by atoms with Crippen LogP contribution < -0.4 is 5.32 Å². The molecule has 2 bridgehead atoms. The average molecular weight is 234 g/mol. The van der Waals surface area contributed by atoms with Crippen molar-refractivity contribution in [3.63, 3.8) is 0 Å². The molecule has 0 aromatic rings. The standard InChI is InChI=1S/C15H26N2/c1-11(15-9-12-5-6-13(15)8-12)16-14-4-3-7-17(2)10-14/h5-6,11-16H,3-4,7-10H2,1-2H3. The van der Waals surface area contributed by atoms with Crippen molar-refractivity contribution < 1.29 is 0 Å². The molecular weight excluding hydrogens is 208 g/mol.